The van der Waals surface area contributed by atoms with E-state index in [1.807, 2.05) is 13.8 Å². The average Bonchev–Trinajstić information content (AvgIpc) is 2.57. The molecule has 0 saturated carbocycles. The SMILES string of the molecule is CCCNC(=O)CN(CCC)C(=O)CCc1ccc(C(=O)O)cc1. The van der Waals surface area contributed by atoms with Crippen LogP contribution in [0.2, 0.25) is 0 Å². The molecule has 0 bridgehead atoms. The summed E-state index contributed by atoms with van der Waals surface area (Å²) in [7, 11) is 0. The second-order valence-corrected chi connectivity index (χ2v) is 5.67. The molecule has 0 aliphatic rings. The van der Waals surface area contributed by atoms with Crippen molar-refractivity contribution < 1.29 is 19.5 Å². The normalized spacial score (nSPS) is 10.2. The van der Waals surface area contributed by atoms with Gasteiger partial charge in [-0.15, -0.1) is 0 Å². The third-order valence-electron chi connectivity index (χ3n) is 3.58. The molecule has 0 heterocycles. The Kier molecular flexibility index (Phi) is 8.54. The molecule has 0 atom stereocenters. The number of aryl methyl sites for hydroxylation is 1. The molecule has 0 saturated heterocycles. The van der Waals surface area contributed by atoms with E-state index in [0.29, 0.717) is 25.9 Å². The van der Waals surface area contributed by atoms with E-state index in [0.717, 1.165) is 18.4 Å². The average molecular weight is 334 g/mol. The molecule has 132 valence electrons. The lowest BCUT2D eigenvalue weighted by atomic mass is 10.1. The van der Waals surface area contributed by atoms with Gasteiger partial charge in [-0.2, -0.15) is 0 Å². The predicted octanol–water partition coefficient (Wildman–Crippen LogP) is 2.08. The first kappa shape index (κ1) is 19.7. The van der Waals surface area contributed by atoms with Crippen molar-refractivity contribution in [3.8, 4) is 0 Å². The molecule has 1 aromatic rings. The summed E-state index contributed by atoms with van der Waals surface area (Å²) in [6.07, 6.45) is 2.48. The molecule has 24 heavy (non-hydrogen) atoms. The third kappa shape index (κ3) is 6.81. The van der Waals surface area contributed by atoms with Crippen LogP contribution in [0.5, 0.6) is 0 Å². The van der Waals surface area contributed by atoms with Gasteiger partial charge in [0.15, 0.2) is 0 Å². The number of aromatic carboxylic acids is 1. The lowest BCUT2D eigenvalue weighted by Crippen LogP contribution is -2.41. The zero-order chi connectivity index (χ0) is 17.9. The maximum Gasteiger partial charge on any atom is 0.335 e. The van der Waals surface area contributed by atoms with E-state index in [1.54, 1.807) is 17.0 Å². The van der Waals surface area contributed by atoms with Crippen molar-refractivity contribution in [1.82, 2.24) is 10.2 Å². The van der Waals surface area contributed by atoms with Crippen LogP contribution in [-0.4, -0.2) is 47.4 Å². The van der Waals surface area contributed by atoms with Crippen molar-refractivity contribution in [2.24, 2.45) is 0 Å². The number of benzene rings is 1. The minimum absolute atomic E-state index is 0.0641. The van der Waals surface area contributed by atoms with E-state index in [-0.39, 0.29) is 23.9 Å². The molecule has 0 aliphatic carbocycles. The van der Waals surface area contributed by atoms with Crippen molar-refractivity contribution in [3.05, 3.63) is 35.4 Å². The third-order valence-corrected chi connectivity index (χ3v) is 3.58. The van der Waals surface area contributed by atoms with Crippen LogP contribution >= 0.6 is 0 Å². The van der Waals surface area contributed by atoms with Crippen molar-refractivity contribution in [1.29, 1.82) is 0 Å². The number of carbonyl (C=O) groups is 3. The first-order valence-corrected chi connectivity index (χ1v) is 8.34. The molecule has 0 fully saturated rings. The van der Waals surface area contributed by atoms with E-state index >= 15 is 0 Å². The summed E-state index contributed by atoms with van der Waals surface area (Å²) < 4.78 is 0. The van der Waals surface area contributed by atoms with E-state index in [4.69, 9.17) is 5.11 Å². The Morgan fingerprint density at radius 3 is 2.29 bits per heavy atom. The predicted molar refractivity (Wildman–Crippen MR) is 91.9 cm³/mol. The Bertz CT molecular complexity index is 555. The summed E-state index contributed by atoms with van der Waals surface area (Å²) in [6, 6.07) is 6.50. The summed E-state index contributed by atoms with van der Waals surface area (Å²) in [4.78, 5) is 36.5. The molecule has 6 heteroatoms. The van der Waals surface area contributed by atoms with Gasteiger partial charge in [0.2, 0.25) is 11.8 Å². The van der Waals surface area contributed by atoms with Gasteiger partial charge in [0.1, 0.15) is 0 Å². The molecule has 0 radical (unpaired) electrons. The molecule has 0 spiro atoms. The molecule has 2 amide bonds. The Hall–Kier alpha value is -2.37. The maximum absolute atomic E-state index is 12.3. The minimum Gasteiger partial charge on any atom is -0.478 e. The van der Waals surface area contributed by atoms with Crippen molar-refractivity contribution in [2.45, 2.75) is 39.5 Å². The standard InChI is InChI=1S/C18H26N2O4/c1-3-11-19-16(21)13-20(12-4-2)17(22)10-7-14-5-8-15(9-6-14)18(23)24/h5-6,8-9H,3-4,7,10-13H2,1-2H3,(H,19,21)(H,23,24). The molecule has 0 aromatic heterocycles. The molecule has 0 unspecified atom stereocenters. The smallest absolute Gasteiger partial charge is 0.335 e. The fourth-order valence-electron chi connectivity index (χ4n) is 2.28. The number of rotatable bonds is 10. The zero-order valence-electron chi connectivity index (χ0n) is 14.4. The zero-order valence-corrected chi connectivity index (χ0v) is 14.4. The topological polar surface area (TPSA) is 86.7 Å². The lowest BCUT2D eigenvalue weighted by molar-refractivity contribution is -0.136. The second kappa shape index (κ2) is 10.4. The van der Waals surface area contributed by atoms with Gasteiger partial charge in [0.05, 0.1) is 12.1 Å². The van der Waals surface area contributed by atoms with Crippen LogP contribution in [0.4, 0.5) is 0 Å². The van der Waals surface area contributed by atoms with Gasteiger partial charge in [-0.05, 0) is 37.0 Å². The summed E-state index contributed by atoms with van der Waals surface area (Å²) >= 11 is 0. The highest BCUT2D eigenvalue weighted by atomic mass is 16.4. The Labute approximate surface area is 142 Å². The van der Waals surface area contributed by atoms with Crippen LogP contribution < -0.4 is 5.32 Å². The first-order valence-electron chi connectivity index (χ1n) is 8.34. The minimum atomic E-state index is -0.968. The van der Waals surface area contributed by atoms with Gasteiger partial charge >= 0.3 is 5.97 Å². The van der Waals surface area contributed by atoms with Crippen LogP contribution in [0.1, 0.15) is 49.0 Å². The number of nitrogens with zero attached hydrogens (tertiary/aromatic N) is 1. The molecule has 2 N–H and O–H groups in total. The van der Waals surface area contributed by atoms with Gasteiger partial charge in [-0.3, -0.25) is 9.59 Å². The monoisotopic (exact) mass is 334 g/mol. The van der Waals surface area contributed by atoms with Crippen LogP contribution in [-0.2, 0) is 16.0 Å². The number of carboxylic acids is 1. The molecule has 1 aromatic carbocycles. The number of carbonyl (C=O) groups excluding carboxylic acids is 2. The van der Waals surface area contributed by atoms with Crippen LogP contribution in [0.3, 0.4) is 0 Å². The van der Waals surface area contributed by atoms with Gasteiger partial charge < -0.3 is 15.3 Å². The van der Waals surface area contributed by atoms with Gasteiger partial charge in [-0.25, -0.2) is 4.79 Å². The lowest BCUT2D eigenvalue weighted by Gasteiger charge is -2.21. The fraction of sp³-hybridized carbons (Fsp3) is 0.500. The van der Waals surface area contributed by atoms with Crippen molar-refractivity contribution >= 4 is 17.8 Å². The molecule has 0 aliphatic heterocycles. The number of carboxylic acid groups (broad SMARTS) is 1. The Morgan fingerprint density at radius 1 is 1.08 bits per heavy atom. The van der Waals surface area contributed by atoms with E-state index < -0.39 is 5.97 Å². The van der Waals surface area contributed by atoms with E-state index in [9.17, 15) is 14.4 Å². The largest absolute Gasteiger partial charge is 0.478 e. The summed E-state index contributed by atoms with van der Waals surface area (Å²) in [5, 5.41) is 11.7. The van der Waals surface area contributed by atoms with Gasteiger partial charge in [-0.1, -0.05) is 26.0 Å². The summed E-state index contributed by atoms with van der Waals surface area (Å²) in [6.45, 7) is 5.20. The number of nitrogens with one attached hydrogen (secondary N) is 1. The van der Waals surface area contributed by atoms with Gasteiger partial charge in [0.25, 0.3) is 0 Å². The summed E-state index contributed by atoms with van der Waals surface area (Å²) in [5.41, 5.74) is 1.13. The number of hydrogen-bond acceptors (Lipinski definition) is 3. The maximum atomic E-state index is 12.3. The van der Waals surface area contributed by atoms with E-state index in [1.165, 1.54) is 12.1 Å². The van der Waals surface area contributed by atoms with Crippen molar-refractivity contribution in [3.63, 3.8) is 0 Å². The quantitative estimate of drug-likeness (QED) is 0.686. The summed E-state index contributed by atoms with van der Waals surface area (Å²) in [5.74, 6) is -1.17. The molecular formula is C18H26N2O4. The van der Waals surface area contributed by atoms with Crippen LogP contribution in [0.25, 0.3) is 0 Å². The first-order chi connectivity index (χ1) is 11.5. The van der Waals surface area contributed by atoms with Crippen LogP contribution in [0, 0.1) is 0 Å². The Morgan fingerprint density at radius 2 is 1.75 bits per heavy atom. The van der Waals surface area contributed by atoms with E-state index in [2.05, 4.69) is 5.32 Å². The molecule has 1 rings (SSSR count). The molecular weight excluding hydrogens is 308 g/mol. The second-order valence-electron chi connectivity index (χ2n) is 5.67. The Balaban J connectivity index is 2.55. The highest BCUT2D eigenvalue weighted by molar-refractivity contribution is 5.87. The highest BCUT2D eigenvalue weighted by Gasteiger charge is 2.16. The van der Waals surface area contributed by atoms with Crippen molar-refractivity contribution in [2.75, 3.05) is 19.6 Å². The molecule has 6 nitrogen and oxygen atoms in total. The van der Waals surface area contributed by atoms with Gasteiger partial charge in [0, 0.05) is 19.5 Å². The number of amides is 2. The fourth-order valence-corrected chi connectivity index (χ4v) is 2.28. The number of hydrogen-bond donors (Lipinski definition) is 2. The van der Waals surface area contributed by atoms with Crippen LogP contribution in [0.15, 0.2) is 24.3 Å². The highest BCUT2D eigenvalue weighted by Crippen LogP contribution is 2.08.